The highest BCUT2D eigenvalue weighted by atomic mass is 79.9. The first-order valence-corrected chi connectivity index (χ1v) is 7.74. The van der Waals surface area contributed by atoms with Crippen molar-refractivity contribution in [1.82, 2.24) is 25.1 Å². The molecule has 3 heterocycles. The van der Waals surface area contributed by atoms with Gasteiger partial charge in [0.15, 0.2) is 0 Å². The van der Waals surface area contributed by atoms with E-state index in [1.807, 2.05) is 25.4 Å². The highest BCUT2D eigenvalue weighted by molar-refractivity contribution is 9.10. The summed E-state index contributed by atoms with van der Waals surface area (Å²) in [6.45, 7) is 0.418. The number of nitrogens with one attached hydrogen (secondary N) is 1. The van der Waals surface area contributed by atoms with Gasteiger partial charge in [0.05, 0.1) is 17.5 Å². The van der Waals surface area contributed by atoms with Crippen molar-refractivity contribution < 1.29 is 4.79 Å². The summed E-state index contributed by atoms with van der Waals surface area (Å²) in [7, 11) is 1.86. The van der Waals surface area contributed by atoms with Gasteiger partial charge in [-0.25, -0.2) is 0 Å². The van der Waals surface area contributed by atoms with Crippen LogP contribution >= 0.6 is 15.9 Å². The van der Waals surface area contributed by atoms with Crippen LogP contribution in [0.4, 0.5) is 0 Å². The molecular weight excluding hydrogens is 358 g/mol. The second kappa shape index (κ2) is 6.70. The first kappa shape index (κ1) is 15.4. The molecule has 0 unspecified atom stereocenters. The molecule has 3 aromatic heterocycles. The third kappa shape index (κ3) is 3.81. The first-order chi connectivity index (χ1) is 11.1. The molecule has 23 heavy (non-hydrogen) atoms. The molecule has 0 fully saturated rings. The van der Waals surface area contributed by atoms with Crippen molar-refractivity contribution >= 4 is 21.8 Å². The molecule has 0 saturated heterocycles. The zero-order valence-electron chi connectivity index (χ0n) is 12.4. The van der Waals surface area contributed by atoms with Crippen LogP contribution in [0, 0.1) is 0 Å². The van der Waals surface area contributed by atoms with Crippen molar-refractivity contribution in [2.45, 2.75) is 6.54 Å². The van der Waals surface area contributed by atoms with E-state index in [-0.39, 0.29) is 5.91 Å². The molecule has 0 aliphatic carbocycles. The Bertz CT molecular complexity index is 846. The van der Waals surface area contributed by atoms with Gasteiger partial charge in [-0.3, -0.25) is 19.4 Å². The highest BCUT2D eigenvalue weighted by Gasteiger charge is 2.07. The van der Waals surface area contributed by atoms with Gasteiger partial charge >= 0.3 is 0 Å². The molecule has 1 N–H and O–H groups in total. The number of aromatic nitrogens is 4. The van der Waals surface area contributed by atoms with Crippen molar-refractivity contribution in [2.24, 2.45) is 7.05 Å². The summed E-state index contributed by atoms with van der Waals surface area (Å²) in [6, 6.07) is 5.55. The fourth-order valence-corrected chi connectivity index (χ4v) is 2.48. The largest absolute Gasteiger partial charge is 0.348 e. The van der Waals surface area contributed by atoms with Gasteiger partial charge in [-0.05, 0) is 39.7 Å². The smallest absolute Gasteiger partial charge is 0.253 e. The Labute approximate surface area is 141 Å². The standard InChI is InChI=1S/C16H14BrN5O/c1-22-10-13(8-21-22)15-4-11(2-3-19-15)6-20-16(23)12-5-14(17)9-18-7-12/h2-5,7-10H,6H2,1H3,(H,20,23). The van der Waals surface area contributed by atoms with Gasteiger partial charge in [0.25, 0.3) is 5.91 Å². The van der Waals surface area contributed by atoms with E-state index in [1.165, 1.54) is 6.20 Å². The normalized spacial score (nSPS) is 10.5. The van der Waals surface area contributed by atoms with Crippen LogP contribution in [-0.2, 0) is 13.6 Å². The van der Waals surface area contributed by atoms with E-state index >= 15 is 0 Å². The molecule has 1 amide bonds. The third-order valence-corrected chi connectivity index (χ3v) is 3.68. The molecule has 0 bridgehead atoms. The number of aryl methyl sites for hydroxylation is 1. The van der Waals surface area contributed by atoms with Crippen LogP contribution < -0.4 is 5.32 Å². The molecule has 0 saturated carbocycles. The fourth-order valence-electron chi connectivity index (χ4n) is 2.12. The van der Waals surface area contributed by atoms with E-state index in [2.05, 4.69) is 36.3 Å². The Morgan fingerprint density at radius 1 is 1.30 bits per heavy atom. The maximum atomic E-state index is 12.1. The van der Waals surface area contributed by atoms with Gasteiger partial charge in [-0.2, -0.15) is 5.10 Å². The van der Waals surface area contributed by atoms with E-state index < -0.39 is 0 Å². The van der Waals surface area contributed by atoms with Crippen LogP contribution in [0.3, 0.4) is 0 Å². The highest BCUT2D eigenvalue weighted by Crippen LogP contribution is 2.16. The molecule has 0 aliphatic heterocycles. The minimum Gasteiger partial charge on any atom is -0.348 e. The number of rotatable bonds is 4. The molecular formula is C16H14BrN5O. The van der Waals surface area contributed by atoms with Gasteiger partial charge in [0.2, 0.25) is 0 Å². The van der Waals surface area contributed by atoms with E-state index in [0.717, 1.165) is 21.3 Å². The Kier molecular flexibility index (Phi) is 4.47. The molecule has 7 heteroatoms. The zero-order valence-corrected chi connectivity index (χ0v) is 14.0. The molecule has 6 nitrogen and oxygen atoms in total. The second-order valence-corrected chi connectivity index (χ2v) is 5.94. The monoisotopic (exact) mass is 371 g/mol. The number of pyridine rings is 2. The number of amides is 1. The van der Waals surface area contributed by atoms with Gasteiger partial charge in [0, 0.05) is 48.4 Å². The summed E-state index contributed by atoms with van der Waals surface area (Å²) in [5.74, 6) is -0.168. The lowest BCUT2D eigenvalue weighted by molar-refractivity contribution is 0.0950. The Morgan fingerprint density at radius 2 is 2.17 bits per heavy atom. The van der Waals surface area contributed by atoms with Crippen LogP contribution in [0.25, 0.3) is 11.3 Å². The van der Waals surface area contributed by atoms with Crippen LogP contribution in [0.2, 0.25) is 0 Å². The quantitative estimate of drug-likeness (QED) is 0.764. The fraction of sp³-hybridized carbons (Fsp3) is 0.125. The summed E-state index contributed by atoms with van der Waals surface area (Å²) in [4.78, 5) is 20.5. The molecule has 0 aromatic carbocycles. The molecule has 0 spiro atoms. The van der Waals surface area contributed by atoms with Crippen LogP contribution in [0.15, 0.2) is 53.7 Å². The van der Waals surface area contributed by atoms with Gasteiger partial charge < -0.3 is 5.32 Å². The van der Waals surface area contributed by atoms with E-state index in [9.17, 15) is 4.79 Å². The van der Waals surface area contributed by atoms with Crippen LogP contribution in [0.5, 0.6) is 0 Å². The van der Waals surface area contributed by atoms with E-state index in [1.54, 1.807) is 29.3 Å². The summed E-state index contributed by atoms with van der Waals surface area (Å²) in [5.41, 5.74) is 3.25. The maximum Gasteiger partial charge on any atom is 0.253 e. The molecule has 0 radical (unpaired) electrons. The lowest BCUT2D eigenvalue weighted by Gasteiger charge is -2.06. The van der Waals surface area contributed by atoms with Crippen LogP contribution in [-0.4, -0.2) is 25.7 Å². The first-order valence-electron chi connectivity index (χ1n) is 6.94. The van der Waals surface area contributed by atoms with Crippen LogP contribution in [0.1, 0.15) is 15.9 Å². The number of halogens is 1. The number of carbonyl (C=O) groups is 1. The van der Waals surface area contributed by atoms with Gasteiger partial charge in [0.1, 0.15) is 0 Å². The van der Waals surface area contributed by atoms with Crippen molar-refractivity contribution in [2.75, 3.05) is 0 Å². The van der Waals surface area contributed by atoms with Crippen molar-refractivity contribution in [1.29, 1.82) is 0 Å². The van der Waals surface area contributed by atoms with Crippen molar-refractivity contribution in [3.8, 4) is 11.3 Å². The molecule has 0 atom stereocenters. The number of carbonyl (C=O) groups excluding carboxylic acids is 1. The number of nitrogens with zero attached hydrogens (tertiary/aromatic N) is 4. The summed E-state index contributed by atoms with van der Waals surface area (Å²) in [6.07, 6.45) is 8.56. The maximum absolute atomic E-state index is 12.1. The summed E-state index contributed by atoms with van der Waals surface area (Å²) >= 11 is 3.31. The SMILES string of the molecule is Cn1cc(-c2cc(CNC(=O)c3cncc(Br)c3)ccn2)cn1. The molecule has 3 rings (SSSR count). The third-order valence-electron chi connectivity index (χ3n) is 3.25. The lowest BCUT2D eigenvalue weighted by atomic mass is 10.1. The van der Waals surface area contributed by atoms with Crippen molar-refractivity contribution in [3.05, 3.63) is 64.8 Å². The molecule has 116 valence electrons. The van der Waals surface area contributed by atoms with E-state index in [4.69, 9.17) is 0 Å². The average Bonchev–Trinajstić information content (AvgIpc) is 2.99. The minimum atomic E-state index is -0.168. The van der Waals surface area contributed by atoms with E-state index in [0.29, 0.717) is 12.1 Å². The van der Waals surface area contributed by atoms with Gasteiger partial charge in [-0.15, -0.1) is 0 Å². The zero-order chi connectivity index (χ0) is 16.2. The second-order valence-electron chi connectivity index (χ2n) is 5.03. The van der Waals surface area contributed by atoms with Crippen molar-refractivity contribution in [3.63, 3.8) is 0 Å². The summed E-state index contributed by atoms with van der Waals surface area (Å²) in [5, 5.41) is 7.02. The predicted octanol–water partition coefficient (Wildman–Crippen LogP) is 2.57. The number of hydrogen-bond acceptors (Lipinski definition) is 4. The predicted molar refractivity (Wildman–Crippen MR) is 89.5 cm³/mol. The Balaban J connectivity index is 1.70. The summed E-state index contributed by atoms with van der Waals surface area (Å²) < 4.78 is 2.50. The number of hydrogen-bond donors (Lipinski definition) is 1. The minimum absolute atomic E-state index is 0.168. The molecule has 3 aromatic rings. The Morgan fingerprint density at radius 3 is 2.91 bits per heavy atom. The molecule has 0 aliphatic rings. The Hall–Kier alpha value is -2.54. The van der Waals surface area contributed by atoms with Gasteiger partial charge in [-0.1, -0.05) is 0 Å². The average molecular weight is 372 g/mol. The lowest BCUT2D eigenvalue weighted by Crippen LogP contribution is -2.22. The topological polar surface area (TPSA) is 72.7 Å².